The van der Waals surface area contributed by atoms with E-state index in [4.69, 9.17) is 4.74 Å². The first-order valence-electron chi connectivity index (χ1n) is 6.47. The first kappa shape index (κ1) is 11.0. The van der Waals surface area contributed by atoms with E-state index in [1.54, 1.807) is 0 Å². The molecular formula is C16H20O. The molecule has 0 aromatic carbocycles. The lowest BCUT2D eigenvalue weighted by Crippen LogP contribution is -2.51. The van der Waals surface area contributed by atoms with Gasteiger partial charge < -0.3 is 4.74 Å². The number of allylic oxidation sites excluding steroid dienone is 5. The summed E-state index contributed by atoms with van der Waals surface area (Å²) in [6, 6.07) is 0. The third-order valence-electron chi connectivity index (χ3n) is 4.25. The largest absolute Gasteiger partial charge is 0.367 e. The Bertz CT molecular complexity index is 436. The first-order chi connectivity index (χ1) is 8.08. The maximum absolute atomic E-state index is 6.26. The summed E-state index contributed by atoms with van der Waals surface area (Å²) in [4.78, 5) is 0. The van der Waals surface area contributed by atoms with Gasteiger partial charge in [-0.1, -0.05) is 48.1 Å². The molecule has 2 aliphatic carbocycles. The van der Waals surface area contributed by atoms with Gasteiger partial charge in [-0.05, 0) is 26.7 Å². The summed E-state index contributed by atoms with van der Waals surface area (Å²) in [6.45, 7) is 6.62. The number of hydrogen-bond acceptors (Lipinski definition) is 1. The van der Waals surface area contributed by atoms with Crippen molar-refractivity contribution in [2.75, 3.05) is 0 Å². The second-order valence-corrected chi connectivity index (χ2v) is 5.91. The van der Waals surface area contributed by atoms with Crippen LogP contribution in [0.2, 0.25) is 0 Å². The van der Waals surface area contributed by atoms with E-state index in [1.165, 1.54) is 5.57 Å². The molecule has 0 aromatic heterocycles. The van der Waals surface area contributed by atoms with Crippen molar-refractivity contribution >= 4 is 0 Å². The molecule has 0 saturated carbocycles. The lowest BCUT2D eigenvalue weighted by molar-refractivity contribution is -0.146. The van der Waals surface area contributed by atoms with E-state index in [0.29, 0.717) is 17.8 Å². The average molecular weight is 228 g/mol. The predicted molar refractivity (Wildman–Crippen MR) is 70.6 cm³/mol. The van der Waals surface area contributed by atoms with Crippen LogP contribution in [-0.2, 0) is 4.74 Å². The summed E-state index contributed by atoms with van der Waals surface area (Å²) in [5, 5.41) is 0. The second kappa shape index (κ2) is 3.71. The smallest absolute Gasteiger partial charge is 0.0834 e. The van der Waals surface area contributed by atoms with Gasteiger partial charge in [0, 0.05) is 11.8 Å². The molecule has 0 N–H and O–H groups in total. The molecule has 90 valence electrons. The molecule has 1 heteroatoms. The molecular weight excluding hydrogens is 208 g/mol. The van der Waals surface area contributed by atoms with Gasteiger partial charge in [0.1, 0.15) is 0 Å². The Morgan fingerprint density at radius 1 is 1.06 bits per heavy atom. The van der Waals surface area contributed by atoms with Crippen LogP contribution in [0.3, 0.4) is 0 Å². The first-order valence-corrected chi connectivity index (χ1v) is 6.47. The quantitative estimate of drug-likeness (QED) is 0.615. The highest BCUT2D eigenvalue weighted by Crippen LogP contribution is 2.46. The van der Waals surface area contributed by atoms with Crippen molar-refractivity contribution in [2.24, 2.45) is 17.8 Å². The van der Waals surface area contributed by atoms with Gasteiger partial charge in [-0.25, -0.2) is 0 Å². The van der Waals surface area contributed by atoms with Gasteiger partial charge in [0.2, 0.25) is 0 Å². The molecule has 0 radical (unpaired) electrons. The van der Waals surface area contributed by atoms with Crippen LogP contribution < -0.4 is 0 Å². The summed E-state index contributed by atoms with van der Waals surface area (Å²) in [7, 11) is 0. The van der Waals surface area contributed by atoms with Gasteiger partial charge in [0.15, 0.2) is 0 Å². The summed E-state index contributed by atoms with van der Waals surface area (Å²) in [5.41, 5.74) is 1.31. The molecule has 0 amide bonds. The van der Waals surface area contributed by atoms with Gasteiger partial charge in [-0.3, -0.25) is 0 Å². The van der Waals surface area contributed by atoms with Crippen molar-refractivity contribution in [2.45, 2.75) is 32.5 Å². The van der Waals surface area contributed by atoms with E-state index in [9.17, 15) is 0 Å². The molecule has 1 heterocycles. The Labute approximate surface area is 104 Å². The fraction of sp³-hybridized carbons (Fsp3) is 0.500. The Morgan fingerprint density at radius 3 is 2.65 bits per heavy atom. The van der Waals surface area contributed by atoms with Gasteiger partial charge >= 0.3 is 0 Å². The number of fused-ring (bicyclic) bond motifs is 3. The summed E-state index contributed by atoms with van der Waals surface area (Å²) in [5.74, 6) is 1.57. The summed E-state index contributed by atoms with van der Waals surface area (Å²) in [6.07, 6.45) is 16.0. The monoisotopic (exact) mass is 228 g/mol. The summed E-state index contributed by atoms with van der Waals surface area (Å²) < 4.78 is 6.26. The second-order valence-electron chi connectivity index (χ2n) is 5.91. The average Bonchev–Trinajstić information content (AvgIpc) is 2.28. The van der Waals surface area contributed by atoms with Gasteiger partial charge in [-0.2, -0.15) is 0 Å². The van der Waals surface area contributed by atoms with Gasteiger partial charge in [0.25, 0.3) is 0 Å². The molecule has 3 aliphatic rings. The number of ether oxygens (including phenoxy) is 1. The molecule has 0 aromatic rings. The molecule has 3 rings (SSSR count). The van der Waals surface area contributed by atoms with Crippen LogP contribution in [0.5, 0.6) is 0 Å². The number of hydrogen-bond donors (Lipinski definition) is 0. The molecule has 4 atom stereocenters. The lowest BCUT2D eigenvalue weighted by atomic mass is 9.66. The van der Waals surface area contributed by atoms with Crippen LogP contribution in [0.25, 0.3) is 0 Å². The van der Waals surface area contributed by atoms with E-state index in [1.807, 2.05) is 0 Å². The van der Waals surface area contributed by atoms with Crippen molar-refractivity contribution in [1.29, 1.82) is 0 Å². The molecule has 1 saturated heterocycles. The maximum atomic E-state index is 6.26. The third kappa shape index (κ3) is 1.73. The van der Waals surface area contributed by atoms with E-state index in [2.05, 4.69) is 63.3 Å². The van der Waals surface area contributed by atoms with Crippen molar-refractivity contribution in [1.82, 2.24) is 0 Å². The Morgan fingerprint density at radius 2 is 1.82 bits per heavy atom. The normalized spacial score (nSPS) is 41.7. The Kier molecular flexibility index (Phi) is 2.41. The molecule has 1 fully saturated rings. The van der Waals surface area contributed by atoms with Crippen molar-refractivity contribution in [3.8, 4) is 0 Å². The van der Waals surface area contributed by atoms with E-state index in [0.717, 1.165) is 0 Å². The van der Waals surface area contributed by atoms with Crippen LogP contribution in [0.15, 0.2) is 48.1 Å². The highest BCUT2D eigenvalue weighted by Gasteiger charge is 2.47. The van der Waals surface area contributed by atoms with Crippen LogP contribution in [-0.4, -0.2) is 11.7 Å². The van der Waals surface area contributed by atoms with Crippen LogP contribution in [0.4, 0.5) is 0 Å². The van der Waals surface area contributed by atoms with E-state index < -0.39 is 0 Å². The Balaban J connectivity index is 2.01. The fourth-order valence-corrected chi connectivity index (χ4v) is 3.39. The molecule has 4 unspecified atom stereocenters. The van der Waals surface area contributed by atoms with Crippen LogP contribution >= 0.6 is 0 Å². The molecule has 0 spiro atoms. The van der Waals surface area contributed by atoms with Crippen molar-refractivity contribution in [3.05, 3.63) is 48.1 Å². The lowest BCUT2D eigenvalue weighted by Gasteiger charge is -2.50. The summed E-state index contributed by atoms with van der Waals surface area (Å²) >= 11 is 0. The predicted octanol–water partition coefficient (Wildman–Crippen LogP) is 3.65. The molecule has 0 bridgehead atoms. The van der Waals surface area contributed by atoms with Gasteiger partial charge in [0.05, 0.1) is 11.7 Å². The zero-order valence-corrected chi connectivity index (χ0v) is 10.8. The minimum absolute atomic E-state index is 0.0744. The fourth-order valence-electron chi connectivity index (χ4n) is 3.39. The van der Waals surface area contributed by atoms with Gasteiger partial charge in [-0.15, -0.1) is 0 Å². The van der Waals surface area contributed by atoms with Crippen LogP contribution in [0, 0.1) is 17.8 Å². The maximum Gasteiger partial charge on any atom is 0.0834 e. The van der Waals surface area contributed by atoms with Crippen molar-refractivity contribution < 1.29 is 4.74 Å². The van der Waals surface area contributed by atoms with Crippen molar-refractivity contribution in [3.63, 3.8) is 0 Å². The highest BCUT2D eigenvalue weighted by molar-refractivity contribution is 5.31. The topological polar surface area (TPSA) is 9.23 Å². The SMILES string of the molecule is CC1=CC2C3C=CC=CC3OC(C)(C)C2C=C1. The standard InChI is InChI=1S/C16H20O/c1-11-8-9-14-13(10-11)12-6-4-5-7-15(12)17-16(14,2)3/h4-10,12-15H,1-3H3. The Hall–Kier alpha value is -1.08. The zero-order chi connectivity index (χ0) is 12.0. The van der Waals surface area contributed by atoms with Crippen LogP contribution in [0.1, 0.15) is 20.8 Å². The molecule has 1 aliphatic heterocycles. The highest BCUT2D eigenvalue weighted by atomic mass is 16.5. The van der Waals surface area contributed by atoms with E-state index >= 15 is 0 Å². The number of rotatable bonds is 0. The van der Waals surface area contributed by atoms with E-state index in [-0.39, 0.29) is 11.7 Å². The molecule has 1 nitrogen and oxygen atoms in total. The third-order valence-corrected chi connectivity index (χ3v) is 4.25. The minimum Gasteiger partial charge on any atom is -0.367 e. The molecule has 17 heavy (non-hydrogen) atoms. The zero-order valence-electron chi connectivity index (χ0n) is 10.8. The minimum atomic E-state index is -0.0744.